The molecule has 30 heavy (non-hydrogen) atoms. The summed E-state index contributed by atoms with van der Waals surface area (Å²) in [7, 11) is 1.61. The van der Waals surface area contributed by atoms with Gasteiger partial charge in [0.2, 0.25) is 0 Å². The third kappa shape index (κ3) is 4.36. The molecule has 1 aliphatic rings. The third-order valence-electron chi connectivity index (χ3n) is 5.59. The van der Waals surface area contributed by atoms with Crippen molar-refractivity contribution < 1.29 is 9.53 Å². The molecule has 0 atom stereocenters. The zero-order valence-corrected chi connectivity index (χ0v) is 18.1. The second-order valence-corrected chi connectivity index (χ2v) is 8.25. The number of ether oxygens (including phenoxy) is 1. The van der Waals surface area contributed by atoms with Crippen molar-refractivity contribution >= 4 is 17.7 Å². The standard InChI is InChI=1S/C23H26N4O2S/c1-29-21-15-19(30-2)6-7-20(21)23(28)26-12-8-17(9-13-26)22-25-11-14-27(22)16-18-5-3-4-10-24-18/h3-7,10-11,14-15,17H,8-9,12-13,16H2,1-2H3. The molecule has 0 bridgehead atoms. The fraction of sp³-hybridized carbons (Fsp3) is 0.348. The zero-order valence-electron chi connectivity index (χ0n) is 17.3. The van der Waals surface area contributed by atoms with E-state index in [0.29, 0.717) is 36.9 Å². The van der Waals surface area contributed by atoms with Crippen LogP contribution in [-0.4, -0.2) is 51.8 Å². The van der Waals surface area contributed by atoms with Gasteiger partial charge in [-0.2, -0.15) is 0 Å². The number of carbonyl (C=O) groups is 1. The summed E-state index contributed by atoms with van der Waals surface area (Å²) in [5, 5.41) is 0. The number of likely N-dealkylation sites (tertiary alicyclic amines) is 1. The van der Waals surface area contributed by atoms with E-state index in [1.807, 2.05) is 66.1 Å². The molecule has 6 nitrogen and oxygen atoms in total. The normalized spacial score (nSPS) is 14.7. The van der Waals surface area contributed by atoms with Gasteiger partial charge in [0, 0.05) is 42.5 Å². The Labute approximate surface area is 181 Å². The minimum Gasteiger partial charge on any atom is -0.496 e. The minimum atomic E-state index is 0.0368. The van der Waals surface area contributed by atoms with Gasteiger partial charge in [0.05, 0.1) is 24.9 Å². The molecule has 0 N–H and O–H groups in total. The molecule has 4 rings (SSSR count). The van der Waals surface area contributed by atoms with E-state index in [1.165, 1.54) is 0 Å². The van der Waals surface area contributed by atoms with Crippen LogP contribution in [0, 0.1) is 0 Å². The molecular weight excluding hydrogens is 396 g/mol. The number of pyridine rings is 1. The lowest BCUT2D eigenvalue weighted by molar-refractivity contribution is 0.0707. The van der Waals surface area contributed by atoms with Crippen LogP contribution in [0.1, 0.15) is 40.6 Å². The Kier molecular flexibility index (Phi) is 6.38. The topological polar surface area (TPSA) is 60.2 Å². The van der Waals surface area contributed by atoms with Crippen LogP contribution < -0.4 is 4.74 Å². The molecule has 7 heteroatoms. The first-order valence-corrected chi connectivity index (χ1v) is 11.3. The fourth-order valence-electron chi connectivity index (χ4n) is 3.97. The highest BCUT2D eigenvalue weighted by atomic mass is 32.2. The molecular formula is C23H26N4O2S. The van der Waals surface area contributed by atoms with Crippen LogP contribution in [0.25, 0.3) is 0 Å². The van der Waals surface area contributed by atoms with E-state index in [9.17, 15) is 4.79 Å². The maximum Gasteiger partial charge on any atom is 0.257 e. The Morgan fingerprint density at radius 2 is 2.00 bits per heavy atom. The van der Waals surface area contributed by atoms with E-state index in [-0.39, 0.29) is 5.91 Å². The molecule has 156 valence electrons. The SMILES string of the molecule is COc1cc(SC)ccc1C(=O)N1CCC(c2nccn2Cc2ccccn2)CC1. The molecule has 0 unspecified atom stereocenters. The van der Waals surface area contributed by atoms with E-state index in [4.69, 9.17) is 4.74 Å². The van der Waals surface area contributed by atoms with Crippen molar-refractivity contribution in [1.29, 1.82) is 0 Å². The number of hydrogen-bond donors (Lipinski definition) is 0. The van der Waals surface area contributed by atoms with E-state index in [1.54, 1.807) is 18.9 Å². The molecule has 1 fully saturated rings. The summed E-state index contributed by atoms with van der Waals surface area (Å²) in [6, 6.07) is 11.7. The van der Waals surface area contributed by atoms with Crippen molar-refractivity contribution in [1.82, 2.24) is 19.4 Å². The van der Waals surface area contributed by atoms with Crippen LogP contribution in [-0.2, 0) is 6.54 Å². The van der Waals surface area contributed by atoms with E-state index in [2.05, 4.69) is 14.5 Å². The lowest BCUT2D eigenvalue weighted by Crippen LogP contribution is -2.38. The summed E-state index contributed by atoms with van der Waals surface area (Å²) < 4.78 is 7.65. The van der Waals surface area contributed by atoms with Crippen molar-refractivity contribution in [2.75, 3.05) is 26.5 Å². The number of hydrogen-bond acceptors (Lipinski definition) is 5. The summed E-state index contributed by atoms with van der Waals surface area (Å²) >= 11 is 1.64. The Hall–Kier alpha value is -2.80. The Morgan fingerprint density at radius 1 is 1.17 bits per heavy atom. The lowest BCUT2D eigenvalue weighted by atomic mass is 9.95. The number of nitrogens with zero attached hydrogens (tertiary/aromatic N) is 4. The number of rotatable bonds is 6. The van der Waals surface area contributed by atoms with Crippen molar-refractivity contribution in [2.24, 2.45) is 0 Å². The van der Waals surface area contributed by atoms with Crippen LogP contribution in [0.2, 0.25) is 0 Å². The van der Waals surface area contributed by atoms with Gasteiger partial charge in [-0.15, -0.1) is 11.8 Å². The Bertz CT molecular complexity index is 997. The number of thioether (sulfide) groups is 1. The van der Waals surface area contributed by atoms with Gasteiger partial charge in [0.1, 0.15) is 11.6 Å². The van der Waals surface area contributed by atoms with Crippen molar-refractivity contribution in [3.63, 3.8) is 0 Å². The fourth-order valence-corrected chi connectivity index (χ4v) is 4.40. The second-order valence-electron chi connectivity index (χ2n) is 7.37. The van der Waals surface area contributed by atoms with Gasteiger partial charge < -0.3 is 14.2 Å². The zero-order chi connectivity index (χ0) is 20.9. The number of piperidine rings is 1. The molecule has 0 spiro atoms. The predicted octanol–water partition coefficient (Wildman–Crippen LogP) is 4.08. The first-order chi connectivity index (χ1) is 14.7. The summed E-state index contributed by atoms with van der Waals surface area (Å²) in [5.41, 5.74) is 1.65. The largest absolute Gasteiger partial charge is 0.496 e. The van der Waals surface area contributed by atoms with Crippen LogP contribution in [0.15, 0.2) is 59.9 Å². The summed E-state index contributed by atoms with van der Waals surface area (Å²) in [6.45, 7) is 2.15. The lowest BCUT2D eigenvalue weighted by Gasteiger charge is -2.32. The van der Waals surface area contributed by atoms with E-state index in [0.717, 1.165) is 29.3 Å². The van der Waals surface area contributed by atoms with E-state index < -0.39 is 0 Å². The molecule has 1 aliphatic heterocycles. The molecule has 0 radical (unpaired) electrons. The molecule has 0 aliphatic carbocycles. The van der Waals surface area contributed by atoms with Crippen LogP contribution in [0.3, 0.4) is 0 Å². The number of methoxy groups -OCH3 is 1. The third-order valence-corrected chi connectivity index (χ3v) is 6.32. The van der Waals surface area contributed by atoms with Gasteiger partial charge >= 0.3 is 0 Å². The highest BCUT2D eigenvalue weighted by molar-refractivity contribution is 7.98. The van der Waals surface area contributed by atoms with Crippen LogP contribution in [0.5, 0.6) is 5.75 Å². The quantitative estimate of drug-likeness (QED) is 0.560. The Balaban J connectivity index is 1.42. The molecule has 1 saturated heterocycles. The molecule has 3 heterocycles. The van der Waals surface area contributed by atoms with E-state index >= 15 is 0 Å². The van der Waals surface area contributed by atoms with Gasteiger partial charge in [-0.1, -0.05) is 6.07 Å². The monoisotopic (exact) mass is 422 g/mol. The van der Waals surface area contributed by atoms with Gasteiger partial charge in [-0.3, -0.25) is 9.78 Å². The van der Waals surface area contributed by atoms with Gasteiger partial charge in [0.15, 0.2) is 0 Å². The van der Waals surface area contributed by atoms with Crippen molar-refractivity contribution in [3.05, 3.63) is 72.1 Å². The summed E-state index contributed by atoms with van der Waals surface area (Å²) in [6.07, 6.45) is 9.49. The molecule has 0 saturated carbocycles. The van der Waals surface area contributed by atoms with Crippen molar-refractivity contribution in [2.45, 2.75) is 30.2 Å². The molecule has 1 aromatic carbocycles. The smallest absolute Gasteiger partial charge is 0.257 e. The summed E-state index contributed by atoms with van der Waals surface area (Å²) in [5.74, 6) is 2.10. The van der Waals surface area contributed by atoms with Crippen LogP contribution in [0.4, 0.5) is 0 Å². The summed E-state index contributed by atoms with van der Waals surface area (Å²) in [4.78, 5) is 25.1. The number of amides is 1. The highest BCUT2D eigenvalue weighted by Crippen LogP contribution is 2.31. The first kappa shape index (κ1) is 20.5. The number of benzene rings is 1. The first-order valence-electron chi connectivity index (χ1n) is 10.1. The second kappa shape index (κ2) is 9.34. The number of imidazole rings is 1. The minimum absolute atomic E-state index is 0.0368. The van der Waals surface area contributed by atoms with Crippen molar-refractivity contribution in [3.8, 4) is 5.75 Å². The van der Waals surface area contributed by atoms with Gasteiger partial charge in [0.25, 0.3) is 5.91 Å². The molecule has 1 amide bonds. The molecule has 3 aromatic rings. The maximum absolute atomic E-state index is 13.1. The maximum atomic E-state index is 13.1. The number of aromatic nitrogens is 3. The number of carbonyl (C=O) groups excluding carboxylic acids is 1. The highest BCUT2D eigenvalue weighted by Gasteiger charge is 2.28. The Morgan fingerprint density at radius 3 is 2.70 bits per heavy atom. The van der Waals surface area contributed by atoms with Crippen LogP contribution >= 0.6 is 11.8 Å². The van der Waals surface area contributed by atoms with Gasteiger partial charge in [-0.25, -0.2) is 4.98 Å². The molecule has 2 aromatic heterocycles. The average Bonchev–Trinajstić information content (AvgIpc) is 3.27. The van der Waals surface area contributed by atoms with Gasteiger partial charge in [-0.05, 0) is 49.4 Å². The average molecular weight is 423 g/mol. The predicted molar refractivity (Wildman–Crippen MR) is 118 cm³/mol.